The van der Waals surface area contributed by atoms with Crippen molar-refractivity contribution in [1.29, 1.82) is 0 Å². The highest BCUT2D eigenvalue weighted by atomic mass is 35.5. The van der Waals surface area contributed by atoms with E-state index >= 15 is 0 Å². The summed E-state index contributed by atoms with van der Waals surface area (Å²) in [6.07, 6.45) is 0. The zero-order valence-corrected chi connectivity index (χ0v) is 12.9. The molecular weight excluding hydrogens is 276 g/mol. The molecule has 0 aliphatic heterocycles. The Labute approximate surface area is 123 Å². The summed E-state index contributed by atoms with van der Waals surface area (Å²) in [6, 6.07) is 12.4. The lowest BCUT2D eigenvalue weighted by Crippen LogP contribution is -2.10. The Morgan fingerprint density at radius 2 is 1.68 bits per heavy atom. The number of nitrogens with zero attached hydrogens (tertiary/aromatic N) is 2. The molecule has 0 radical (unpaired) electrons. The smallest absolute Gasteiger partial charge is 0.151 e. The highest BCUT2D eigenvalue weighted by Gasteiger charge is 2.12. The van der Waals surface area contributed by atoms with Crippen LogP contribution >= 0.6 is 23.4 Å². The second kappa shape index (κ2) is 5.93. The molecule has 0 fully saturated rings. The van der Waals surface area contributed by atoms with Gasteiger partial charge in [0.25, 0.3) is 0 Å². The van der Waals surface area contributed by atoms with Crippen molar-refractivity contribution in [1.82, 2.24) is 10.2 Å². The third-order valence-electron chi connectivity index (χ3n) is 2.79. The number of hydrogen-bond donors (Lipinski definition) is 0. The van der Waals surface area contributed by atoms with Crippen LogP contribution in [0.2, 0.25) is 5.15 Å². The number of hydrogen-bond acceptors (Lipinski definition) is 3. The lowest BCUT2D eigenvalue weighted by atomic mass is 9.87. The maximum Gasteiger partial charge on any atom is 0.151 e. The molecule has 0 spiro atoms. The minimum atomic E-state index is 0.199. The van der Waals surface area contributed by atoms with Crippen molar-refractivity contribution in [2.75, 3.05) is 0 Å². The molecule has 0 atom stereocenters. The van der Waals surface area contributed by atoms with Crippen LogP contribution in [-0.4, -0.2) is 10.2 Å². The number of rotatable bonds is 3. The molecule has 0 saturated heterocycles. The van der Waals surface area contributed by atoms with Gasteiger partial charge in [0.05, 0.1) is 5.69 Å². The summed E-state index contributed by atoms with van der Waals surface area (Å²) in [6.45, 7) is 6.66. The number of aromatic nitrogens is 2. The summed E-state index contributed by atoms with van der Waals surface area (Å²) in [5.74, 6) is 0.805. The third-order valence-corrected chi connectivity index (χ3v) is 4.04. The molecule has 0 amide bonds. The van der Waals surface area contributed by atoms with Gasteiger partial charge in [-0.05, 0) is 35.2 Å². The summed E-state index contributed by atoms with van der Waals surface area (Å²) in [5.41, 5.74) is 2.49. The fraction of sp³-hybridized carbons (Fsp3) is 0.333. The first-order chi connectivity index (χ1) is 8.95. The van der Waals surface area contributed by atoms with Crippen LogP contribution in [0.15, 0.2) is 41.3 Å². The van der Waals surface area contributed by atoms with Crippen LogP contribution in [0.1, 0.15) is 32.0 Å². The molecular formula is C15H17ClN2S. The van der Waals surface area contributed by atoms with E-state index in [0.717, 1.165) is 11.4 Å². The number of thioether (sulfide) groups is 1. The van der Waals surface area contributed by atoms with Crippen molar-refractivity contribution < 1.29 is 0 Å². The summed E-state index contributed by atoms with van der Waals surface area (Å²) >= 11 is 7.46. The van der Waals surface area contributed by atoms with E-state index in [4.69, 9.17) is 11.6 Å². The molecule has 1 aromatic heterocycles. The Bertz CT molecular complexity index is 530. The molecule has 2 rings (SSSR count). The van der Waals surface area contributed by atoms with Crippen LogP contribution in [0, 0.1) is 0 Å². The van der Waals surface area contributed by atoms with E-state index in [0.29, 0.717) is 5.15 Å². The fourth-order valence-electron chi connectivity index (χ4n) is 1.63. The van der Waals surface area contributed by atoms with Crippen LogP contribution in [0.4, 0.5) is 0 Å². The van der Waals surface area contributed by atoms with Crippen molar-refractivity contribution in [3.05, 3.63) is 52.8 Å². The number of benzene rings is 1. The zero-order chi connectivity index (χ0) is 13.9. The molecule has 2 nitrogen and oxygen atoms in total. The van der Waals surface area contributed by atoms with Gasteiger partial charge in [-0.2, -0.15) is 5.10 Å². The van der Waals surface area contributed by atoms with E-state index in [-0.39, 0.29) is 5.41 Å². The monoisotopic (exact) mass is 292 g/mol. The Morgan fingerprint density at radius 3 is 2.21 bits per heavy atom. The van der Waals surface area contributed by atoms with Gasteiger partial charge in [0.1, 0.15) is 0 Å². The topological polar surface area (TPSA) is 25.8 Å². The van der Waals surface area contributed by atoms with Gasteiger partial charge < -0.3 is 0 Å². The first-order valence-corrected chi connectivity index (χ1v) is 7.53. The molecule has 0 bridgehead atoms. The highest BCUT2D eigenvalue weighted by Crippen LogP contribution is 2.27. The van der Waals surface area contributed by atoms with Gasteiger partial charge >= 0.3 is 0 Å². The molecule has 4 heteroatoms. The molecule has 100 valence electrons. The molecule has 2 aromatic rings. The van der Waals surface area contributed by atoms with E-state index < -0.39 is 0 Å². The Kier molecular flexibility index (Phi) is 4.48. The van der Waals surface area contributed by atoms with Gasteiger partial charge in [0.2, 0.25) is 0 Å². The average molecular weight is 293 g/mol. The van der Waals surface area contributed by atoms with E-state index in [1.807, 2.05) is 6.07 Å². The normalized spacial score (nSPS) is 11.6. The van der Waals surface area contributed by atoms with E-state index in [1.165, 1.54) is 10.5 Å². The van der Waals surface area contributed by atoms with Gasteiger partial charge in [-0.3, -0.25) is 0 Å². The van der Waals surface area contributed by atoms with Gasteiger partial charge in [0, 0.05) is 10.6 Å². The lowest BCUT2D eigenvalue weighted by molar-refractivity contribution is 0.590. The molecule has 0 aliphatic rings. The maximum atomic E-state index is 5.71. The fourth-order valence-corrected chi connectivity index (χ4v) is 2.53. The quantitative estimate of drug-likeness (QED) is 0.766. The summed E-state index contributed by atoms with van der Waals surface area (Å²) in [7, 11) is 0. The van der Waals surface area contributed by atoms with Crippen molar-refractivity contribution in [3.8, 4) is 0 Å². The molecule has 0 saturated carbocycles. The largest absolute Gasteiger partial charge is 0.153 e. The van der Waals surface area contributed by atoms with Crippen LogP contribution in [0.5, 0.6) is 0 Å². The Morgan fingerprint density at radius 1 is 1.00 bits per heavy atom. The molecule has 1 heterocycles. The minimum Gasteiger partial charge on any atom is -0.153 e. The van der Waals surface area contributed by atoms with E-state index in [9.17, 15) is 0 Å². The first-order valence-electron chi connectivity index (χ1n) is 6.16. The second-order valence-electron chi connectivity index (χ2n) is 5.41. The van der Waals surface area contributed by atoms with Crippen molar-refractivity contribution >= 4 is 23.4 Å². The second-order valence-corrected chi connectivity index (χ2v) is 6.85. The maximum absolute atomic E-state index is 5.71. The summed E-state index contributed by atoms with van der Waals surface area (Å²) in [5, 5.41) is 8.32. The van der Waals surface area contributed by atoms with Gasteiger partial charge in [0.15, 0.2) is 5.15 Å². The lowest BCUT2D eigenvalue weighted by Gasteiger charge is -2.19. The van der Waals surface area contributed by atoms with Crippen LogP contribution in [0.25, 0.3) is 0 Å². The SMILES string of the molecule is CC(C)(C)c1ccc(SCc2ccc(Cl)nn2)cc1. The van der Waals surface area contributed by atoms with Crippen LogP contribution in [-0.2, 0) is 11.2 Å². The molecule has 19 heavy (non-hydrogen) atoms. The highest BCUT2D eigenvalue weighted by molar-refractivity contribution is 7.98. The minimum absolute atomic E-state index is 0.199. The standard InChI is InChI=1S/C15H17ClN2S/c1-15(2,3)11-4-7-13(8-5-11)19-10-12-6-9-14(16)18-17-12/h4-9H,10H2,1-3H3. The molecule has 1 aromatic carbocycles. The number of halogens is 1. The van der Waals surface area contributed by atoms with Crippen LogP contribution < -0.4 is 0 Å². The molecule has 0 unspecified atom stereocenters. The predicted octanol–water partition coefficient (Wildman–Crippen LogP) is 4.72. The van der Waals surface area contributed by atoms with Gasteiger partial charge in [-0.25, -0.2) is 0 Å². The average Bonchev–Trinajstić information content (AvgIpc) is 2.37. The summed E-state index contributed by atoms with van der Waals surface area (Å²) in [4.78, 5) is 1.24. The van der Waals surface area contributed by atoms with E-state index in [1.54, 1.807) is 17.8 Å². The van der Waals surface area contributed by atoms with E-state index in [2.05, 4.69) is 55.2 Å². The van der Waals surface area contributed by atoms with Crippen LogP contribution in [0.3, 0.4) is 0 Å². The molecule has 0 N–H and O–H groups in total. The Balaban J connectivity index is 1.98. The summed E-state index contributed by atoms with van der Waals surface area (Å²) < 4.78 is 0. The predicted molar refractivity (Wildman–Crippen MR) is 81.7 cm³/mol. The van der Waals surface area contributed by atoms with Crippen molar-refractivity contribution in [2.24, 2.45) is 0 Å². The molecule has 0 aliphatic carbocycles. The third kappa shape index (κ3) is 4.22. The van der Waals surface area contributed by atoms with Crippen molar-refractivity contribution in [3.63, 3.8) is 0 Å². The Hall–Kier alpha value is -1.06. The first kappa shape index (κ1) is 14.4. The van der Waals surface area contributed by atoms with Crippen molar-refractivity contribution in [2.45, 2.75) is 36.8 Å². The zero-order valence-electron chi connectivity index (χ0n) is 11.4. The van der Waals surface area contributed by atoms with Gasteiger partial charge in [-0.15, -0.1) is 16.9 Å². The van der Waals surface area contributed by atoms with Gasteiger partial charge in [-0.1, -0.05) is 44.5 Å².